The summed E-state index contributed by atoms with van der Waals surface area (Å²) in [6, 6.07) is 52.0. The van der Waals surface area contributed by atoms with Gasteiger partial charge in [-0.05, 0) is 184 Å². The summed E-state index contributed by atoms with van der Waals surface area (Å²) >= 11 is 10.1. The first kappa shape index (κ1) is 63.7. The fraction of sp³-hybridized carbons (Fsp3) is 0.239. The van der Waals surface area contributed by atoms with Crippen LogP contribution in [0.25, 0.3) is 0 Å². The number of nitrogens with zero attached hydrogens (tertiary/aromatic N) is 4. The van der Waals surface area contributed by atoms with Crippen molar-refractivity contribution in [1.82, 2.24) is 9.97 Å². The second kappa shape index (κ2) is 29.1. The molecule has 11 rings (SSSR count). The van der Waals surface area contributed by atoms with E-state index < -0.39 is 7.92 Å². The van der Waals surface area contributed by atoms with Gasteiger partial charge in [0.25, 0.3) is 0 Å². The molecular formula is C67H67Br2N6O3PRuS2. The number of nitrogens with one attached hydrogen (secondary N) is 2. The van der Waals surface area contributed by atoms with Crippen LogP contribution < -0.4 is 26.8 Å². The van der Waals surface area contributed by atoms with Crippen LogP contribution in [0, 0.1) is 48.2 Å². The molecule has 2 aliphatic rings. The van der Waals surface area contributed by atoms with Gasteiger partial charge in [0.2, 0.25) is 10.3 Å². The van der Waals surface area contributed by atoms with Crippen LogP contribution in [0.5, 0.6) is 11.5 Å². The Labute approximate surface area is 522 Å². The monoisotopic (exact) mass is 1360 g/mol. The van der Waals surface area contributed by atoms with E-state index in [2.05, 4.69) is 240 Å². The van der Waals surface area contributed by atoms with Crippen molar-refractivity contribution in [3.63, 3.8) is 0 Å². The van der Waals surface area contributed by atoms with Gasteiger partial charge in [-0.3, -0.25) is 10.9 Å². The minimum absolute atomic E-state index is 0. The number of phenolic OH excluding ortho intramolecular Hbond substituents is 2. The maximum atomic E-state index is 9.89. The first-order valence-electron chi connectivity index (χ1n) is 26.7. The van der Waals surface area contributed by atoms with Gasteiger partial charge < -0.3 is 10.2 Å². The van der Waals surface area contributed by atoms with Crippen molar-refractivity contribution in [3.8, 4) is 11.5 Å². The predicted molar refractivity (Wildman–Crippen MR) is 347 cm³/mol. The predicted octanol–water partition coefficient (Wildman–Crippen LogP) is 17.0. The largest absolute Gasteiger partial charge is 0.0622 e. The van der Waals surface area contributed by atoms with Gasteiger partial charge in [-0.15, -0.1) is 22.7 Å². The molecule has 0 saturated heterocycles. The van der Waals surface area contributed by atoms with E-state index in [1.807, 2.05) is 24.5 Å². The summed E-state index contributed by atoms with van der Waals surface area (Å²) in [5.74, 6) is 1.47. The molecule has 2 heterocycles. The van der Waals surface area contributed by atoms with Crippen LogP contribution in [0.3, 0.4) is 0 Å². The third-order valence-corrected chi connectivity index (χ3v) is 20.5. The number of aryl methyl sites for hydroxylation is 6. The van der Waals surface area contributed by atoms with Crippen molar-refractivity contribution in [1.29, 1.82) is 0 Å². The maximum absolute atomic E-state index is 9.89. The molecular weight excluding hydrogens is 1290 g/mol. The van der Waals surface area contributed by atoms with E-state index in [4.69, 9.17) is 4.65 Å². The molecule has 4 N–H and O–H groups in total. The zero-order chi connectivity index (χ0) is 57.8. The molecule has 0 amide bonds. The number of thiazole rings is 2. The van der Waals surface area contributed by atoms with Crippen LogP contribution >= 0.6 is 62.5 Å². The molecule has 0 spiro atoms. The number of rotatable bonds is 13. The van der Waals surface area contributed by atoms with Crippen LogP contribution in [0.1, 0.15) is 117 Å². The normalized spacial score (nSPS) is 17.9. The van der Waals surface area contributed by atoms with Gasteiger partial charge in [-0.1, -0.05) is 172 Å². The Balaban J connectivity index is 0.000000178. The molecule has 9 nitrogen and oxygen atoms in total. The van der Waals surface area contributed by atoms with Crippen LogP contribution in [-0.4, -0.2) is 32.6 Å². The summed E-state index contributed by atoms with van der Waals surface area (Å²) in [7, 11) is -0.446. The Morgan fingerprint density at radius 2 is 0.854 bits per heavy atom. The van der Waals surface area contributed by atoms with Gasteiger partial charge in [0, 0.05) is 61.7 Å². The summed E-state index contributed by atoms with van der Waals surface area (Å²) in [4.78, 5) is 11.6. The second-order valence-electron chi connectivity index (χ2n) is 21.5. The average Bonchev–Trinajstić information content (AvgIpc) is 3.57. The molecule has 0 atom stereocenters. The van der Waals surface area contributed by atoms with Crippen molar-refractivity contribution in [2.45, 2.75) is 104 Å². The number of aromatic nitrogens is 2. The molecule has 9 aromatic rings. The number of anilines is 2. The number of hydrogen-bond donors (Lipinski definition) is 4. The molecule has 2 aromatic heterocycles. The molecule has 2 saturated carbocycles. The van der Waals surface area contributed by atoms with Gasteiger partial charge in [0.1, 0.15) is 11.5 Å². The van der Waals surface area contributed by atoms with E-state index in [-0.39, 0.29) is 41.8 Å². The number of halogens is 2. The molecule has 0 bridgehead atoms. The van der Waals surface area contributed by atoms with Crippen molar-refractivity contribution < 1.29 is 34.3 Å². The third kappa shape index (κ3) is 15.8. The van der Waals surface area contributed by atoms with E-state index >= 15 is 0 Å². The van der Waals surface area contributed by atoms with Gasteiger partial charge in [0.15, 0.2) is 0 Å². The molecule has 2 fully saturated rings. The summed E-state index contributed by atoms with van der Waals surface area (Å²) in [5.41, 5.74) is 19.1. The molecule has 0 radical (unpaired) electrons. The quantitative estimate of drug-likeness (QED) is 0.0227. The Bertz CT molecular complexity index is 3340. The van der Waals surface area contributed by atoms with E-state index in [1.54, 1.807) is 59.4 Å². The molecule has 15 heteroatoms. The average molecular weight is 1360 g/mol. The summed E-state index contributed by atoms with van der Waals surface area (Å²) in [5, 5.41) is 34.0. The number of aromatic hydroxyl groups is 2. The Kier molecular flexibility index (Phi) is 22.6. The molecule has 0 aliphatic heterocycles. The molecule has 82 heavy (non-hydrogen) atoms. The van der Waals surface area contributed by atoms with Crippen molar-refractivity contribution in [2.24, 2.45) is 10.2 Å². The van der Waals surface area contributed by atoms with Crippen molar-refractivity contribution >= 4 is 101 Å². The number of hydrazone groups is 2. The Morgan fingerprint density at radius 3 is 1.17 bits per heavy atom. The Morgan fingerprint density at radius 1 is 0.537 bits per heavy atom. The minimum Gasteiger partial charge on any atom is -0.0622 e. The zero-order valence-corrected chi connectivity index (χ0v) is 54.6. The number of hydrogen-bond acceptors (Lipinski definition) is 10. The van der Waals surface area contributed by atoms with Gasteiger partial charge in [-0.25, -0.2) is 9.97 Å². The van der Waals surface area contributed by atoms with Crippen LogP contribution in [-0.2, 0) is 35.0 Å². The molecule has 0 unspecified atom stereocenters. The molecule has 422 valence electrons. The summed E-state index contributed by atoms with van der Waals surface area (Å²) in [6.07, 6.45) is 11.7. The fourth-order valence-corrected chi connectivity index (χ4v) is 16.7. The van der Waals surface area contributed by atoms with E-state index in [9.17, 15) is 10.2 Å². The van der Waals surface area contributed by atoms with Crippen molar-refractivity contribution in [2.75, 3.05) is 10.9 Å². The van der Waals surface area contributed by atoms with E-state index in [1.165, 1.54) is 70.2 Å². The summed E-state index contributed by atoms with van der Waals surface area (Å²) < 4.78 is 9.29. The van der Waals surface area contributed by atoms with Gasteiger partial charge in [0.05, 0.1) is 12.4 Å². The van der Waals surface area contributed by atoms with Gasteiger partial charge >= 0.3 is 11.3 Å². The minimum atomic E-state index is -0.446. The van der Waals surface area contributed by atoms with Crippen molar-refractivity contribution in [3.05, 3.63) is 245 Å². The summed E-state index contributed by atoms with van der Waals surface area (Å²) in [6.45, 7) is 22.6. The second-order valence-corrected chi connectivity index (χ2v) is 27.7. The van der Waals surface area contributed by atoms with E-state index in [0.29, 0.717) is 23.0 Å². The zero-order valence-electron chi connectivity index (χ0n) is 47.2. The molecule has 7 aromatic carbocycles. The topological polar surface area (TPSA) is 135 Å². The SMILES string of the molecule is Cc1cc(C)c(C2(C)CC(c3cnc(N/N=C/c4cc(Br)ccc4O)s3)C2)c(C)c1.Cc1cc(C)c(C2(C)CC(c3cnc(N/N=C/c4cc(Br)ccc4O)s3)C2)c(C)c1.[C-]#[O+].[Ru].c1ccc(P(c2ccccc2)c2ccccc2)cc1. The van der Waals surface area contributed by atoms with Crippen LogP contribution in [0.4, 0.5) is 10.3 Å². The number of benzene rings is 7. The molecule has 2 aliphatic carbocycles. The van der Waals surface area contributed by atoms with Crippen LogP contribution in [0.2, 0.25) is 0 Å². The first-order chi connectivity index (χ1) is 38.9. The fourth-order valence-electron chi connectivity index (χ4n) is 11.9. The smallest absolute Gasteiger partial charge is 0 e. The first-order valence-corrected chi connectivity index (χ1v) is 31.3. The Hall–Kier alpha value is -5.91. The maximum Gasteiger partial charge on any atom is 0 e. The van der Waals surface area contributed by atoms with Crippen LogP contribution in [0.15, 0.2) is 183 Å². The number of phenols is 2. The third-order valence-electron chi connectivity index (χ3n) is 15.0. The standard InChI is InChI=1S/2C24H26BrN3OS.C18H15P.CO.Ru/c2*1-14-7-15(2)22(16(3)8-14)24(4)10-18(11-24)21-13-26-23(30-21)28-27-12-17-9-19(25)5-6-20(17)29;1-4-10-16(11-5-1)19(17-12-6-2-7-13-17)18-14-8-3-9-15-18;1-2;/h2*5-9,12-13,18,29H,10-11H2,1-4H3,(H,26,28);1-15H;;/b2*27-12+;;;. The van der Waals surface area contributed by atoms with Gasteiger partial charge in [-0.2, -0.15) is 10.2 Å². The van der Waals surface area contributed by atoms with E-state index in [0.717, 1.165) is 44.9 Å².